The highest BCUT2D eigenvalue weighted by Crippen LogP contribution is 2.34. The van der Waals surface area contributed by atoms with Gasteiger partial charge in [0, 0.05) is 17.7 Å². The van der Waals surface area contributed by atoms with E-state index in [1.165, 1.54) is 36.4 Å². The minimum Gasteiger partial charge on any atom is -0.478 e. The van der Waals surface area contributed by atoms with Gasteiger partial charge in [-0.25, -0.2) is 13.6 Å². The number of ether oxygens (including phenoxy) is 1. The highest BCUT2D eigenvalue weighted by molar-refractivity contribution is 9.10. The van der Waals surface area contributed by atoms with Crippen molar-refractivity contribution in [3.63, 3.8) is 0 Å². The molecule has 0 aliphatic carbocycles. The Morgan fingerprint density at radius 2 is 2.00 bits per heavy atom. The van der Waals surface area contributed by atoms with Crippen molar-refractivity contribution in [1.82, 2.24) is 0 Å². The fourth-order valence-electron chi connectivity index (χ4n) is 1.59. The maximum Gasteiger partial charge on any atom is 0.328 e. The van der Waals surface area contributed by atoms with E-state index in [1.807, 2.05) is 0 Å². The van der Waals surface area contributed by atoms with Gasteiger partial charge in [0.1, 0.15) is 11.6 Å². The molecule has 0 atom stereocenters. The summed E-state index contributed by atoms with van der Waals surface area (Å²) in [4.78, 5) is 10.5. The Labute approximate surface area is 127 Å². The first-order valence-corrected chi connectivity index (χ1v) is 6.59. The predicted molar refractivity (Wildman–Crippen MR) is 77.2 cm³/mol. The van der Waals surface area contributed by atoms with Crippen molar-refractivity contribution in [2.24, 2.45) is 0 Å². The minimum absolute atomic E-state index is 0.0880. The van der Waals surface area contributed by atoms with E-state index in [0.717, 1.165) is 12.1 Å². The molecule has 108 valence electrons. The first-order valence-electron chi connectivity index (χ1n) is 5.80. The second kappa shape index (κ2) is 6.49. The van der Waals surface area contributed by atoms with Crippen LogP contribution in [0.5, 0.6) is 11.5 Å². The molecule has 0 unspecified atom stereocenters. The highest BCUT2D eigenvalue weighted by Gasteiger charge is 2.12. The molecule has 0 saturated heterocycles. The third-order valence-electron chi connectivity index (χ3n) is 2.51. The number of benzene rings is 2. The van der Waals surface area contributed by atoms with E-state index >= 15 is 0 Å². The van der Waals surface area contributed by atoms with Gasteiger partial charge in [-0.15, -0.1) is 0 Å². The molecule has 2 aromatic carbocycles. The minimum atomic E-state index is -1.17. The molecule has 2 aromatic rings. The summed E-state index contributed by atoms with van der Waals surface area (Å²) in [6.45, 7) is 0. The zero-order valence-corrected chi connectivity index (χ0v) is 12.1. The van der Waals surface area contributed by atoms with Crippen LogP contribution in [0.3, 0.4) is 0 Å². The van der Waals surface area contributed by atoms with E-state index in [9.17, 15) is 13.6 Å². The summed E-state index contributed by atoms with van der Waals surface area (Å²) in [6.07, 6.45) is 2.07. The molecule has 0 spiro atoms. The molecule has 0 fully saturated rings. The Morgan fingerprint density at radius 1 is 1.24 bits per heavy atom. The maximum atomic E-state index is 13.9. The molecular formula is C15H9BrF2O3. The van der Waals surface area contributed by atoms with Gasteiger partial charge >= 0.3 is 5.97 Å². The number of aliphatic carboxylic acids is 1. The summed E-state index contributed by atoms with van der Waals surface area (Å²) in [5.74, 6) is -2.48. The number of halogens is 3. The normalized spacial score (nSPS) is 10.8. The van der Waals surface area contributed by atoms with Gasteiger partial charge in [-0.1, -0.05) is 12.1 Å². The summed E-state index contributed by atoms with van der Waals surface area (Å²) in [6, 6.07) is 7.83. The summed E-state index contributed by atoms with van der Waals surface area (Å²) in [7, 11) is 0. The standard InChI is InChI=1S/C15H9BrF2O3/c16-11-6-5-10(17)8-13(11)21-15-9(4-7-14(19)20)2-1-3-12(15)18/h1-8H,(H,19,20)/b7-4+. The fourth-order valence-corrected chi connectivity index (χ4v) is 1.92. The molecular weight excluding hydrogens is 346 g/mol. The van der Waals surface area contributed by atoms with Gasteiger partial charge in [0.15, 0.2) is 11.6 Å². The van der Waals surface area contributed by atoms with E-state index in [1.54, 1.807) is 0 Å². The average molecular weight is 355 g/mol. The monoisotopic (exact) mass is 354 g/mol. The van der Waals surface area contributed by atoms with E-state index < -0.39 is 17.6 Å². The molecule has 0 heterocycles. The van der Waals surface area contributed by atoms with Gasteiger partial charge in [0.25, 0.3) is 0 Å². The lowest BCUT2D eigenvalue weighted by Crippen LogP contribution is -1.94. The zero-order chi connectivity index (χ0) is 15.4. The molecule has 1 N–H and O–H groups in total. The van der Waals surface area contributed by atoms with Gasteiger partial charge in [-0.05, 0) is 40.2 Å². The second-order valence-electron chi connectivity index (χ2n) is 4.01. The van der Waals surface area contributed by atoms with Crippen LogP contribution in [0.25, 0.3) is 6.08 Å². The van der Waals surface area contributed by atoms with Gasteiger partial charge in [-0.3, -0.25) is 0 Å². The molecule has 0 aromatic heterocycles. The van der Waals surface area contributed by atoms with Crippen molar-refractivity contribution in [3.8, 4) is 11.5 Å². The van der Waals surface area contributed by atoms with Gasteiger partial charge in [0.05, 0.1) is 4.47 Å². The quantitative estimate of drug-likeness (QED) is 0.815. The molecule has 0 saturated carbocycles. The lowest BCUT2D eigenvalue weighted by atomic mass is 10.1. The van der Waals surface area contributed by atoms with Crippen molar-refractivity contribution in [2.75, 3.05) is 0 Å². The van der Waals surface area contributed by atoms with Crippen LogP contribution in [0, 0.1) is 11.6 Å². The average Bonchev–Trinajstić information content (AvgIpc) is 2.43. The third kappa shape index (κ3) is 3.88. The van der Waals surface area contributed by atoms with Gasteiger partial charge in [-0.2, -0.15) is 0 Å². The number of para-hydroxylation sites is 1. The molecule has 21 heavy (non-hydrogen) atoms. The van der Waals surface area contributed by atoms with Crippen LogP contribution in [0.1, 0.15) is 5.56 Å². The van der Waals surface area contributed by atoms with E-state index in [0.29, 0.717) is 4.47 Å². The van der Waals surface area contributed by atoms with Crippen LogP contribution in [0.4, 0.5) is 8.78 Å². The largest absolute Gasteiger partial charge is 0.478 e. The Kier molecular flexibility index (Phi) is 4.70. The Balaban J connectivity index is 2.43. The van der Waals surface area contributed by atoms with Crippen LogP contribution in [-0.4, -0.2) is 11.1 Å². The molecule has 6 heteroatoms. The van der Waals surface area contributed by atoms with Crippen molar-refractivity contribution in [2.45, 2.75) is 0 Å². The number of carbonyl (C=O) groups is 1. The van der Waals surface area contributed by atoms with Crippen LogP contribution in [-0.2, 0) is 4.79 Å². The van der Waals surface area contributed by atoms with Crippen LogP contribution >= 0.6 is 15.9 Å². The second-order valence-corrected chi connectivity index (χ2v) is 4.86. The third-order valence-corrected chi connectivity index (χ3v) is 3.16. The lowest BCUT2D eigenvalue weighted by molar-refractivity contribution is -0.131. The Morgan fingerprint density at radius 3 is 2.71 bits per heavy atom. The molecule has 0 radical (unpaired) electrons. The fraction of sp³-hybridized carbons (Fsp3) is 0. The number of carboxylic acid groups (broad SMARTS) is 1. The van der Waals surface area contributed by atoms with Crippen LogP contribution < -0.4 is 4.74 Å². The number of carboxylic acids is 1. The maximum absolute atomic E-state index is 13.9. The lowest BCUT2D eigenvalue weighted by Gasteiger charge is -2.11. The van der Waals surface area contributed by atoms with Crippen LogP contribution in [0.15, 0.2) is 46.9 Å². The van der Waals surface area contributed by atoms with E-state index in [4.69, 9.17) is 9.84 Å². The van der Waals surface area contributed by atoms with E-state index in [2.05, 4.69) is 15.9 Å². The molecule has 0 amide bonds. The highest BCUT2D eigenvalue weighted by atomic mass is 79.9. The number of hydrogen-bond acceptors (Lipinski definition) is 2. The predicted octanol–water partition coefficient (Wildman–Crippen LogP) is 4.62. The van der Waals surface area contributed by atoms with E-state index in [-0.39, 0.29) is 17.1 Å². The molecule has 0 aliphatic rings. The first-order chi connectivity index (χ1) is 9.97. The molecule has 0 aliphatic heterocycles. The Bertz CT molecular complexity index is 714. The molecule has 0 bridgehead atoms. The zero-order valence-electron chi connectivity index (χ0n) is 10.5. The van der Waals surface area contributed by atoms with Gasteiger partial charge < -0.3 is 9.84 Å². The summed E-state index contributed by atoms with van der Waals surface area (Å²) in [5, 5.41) is 8.63. The molecule has 2 rings (SSSR count). The topological polar surface area (TPSA) is 46.5 Å². The van der Waals surface area contributed by atoms with Crippen molar-refractivity contribution in [3.05, 3.63) is 64.1 Å². The summed E-state index contributed by atoms with van der Waals surface area (Å²) < 4.78 is 32.9. The first kappa shape index (κ1) is 15.2. The van der Waals surface area contributed by atoms with Crippen molar-refractivity contribution < 1.29 is 23.4 Å². The smallest absolute Gasteiger partial charge is 0.328 e. The number of hydrogen-bond donors (Lipinski definition) is 1. The number of rotatable bonds is 4. The SMILES string of the molecule is O=C(O)/C=C/c1cccc(F)c1Oc1cc(F)ccc1Br. The summed E-state index contributed by atoms with van der Waals surface area (Å²) >= 11 is 3.17. The van der Waals surface area contributed by atoms with Crippen LogP contribution in [0.2, 0.25) is 0 Å². The molecule has 3 nitrogen and oxygen atoms in total. The van der Waals surface area contributed by atoms with Crippen molar-refractivity contribution >= 4 is 28.0 Å². The summed E-state index contributed by atoms with van der Waals surface area (Å²) in [5.41, 5.74) is 0.230. The van der Waals surface area contributed by atoms with Gasteiger partial charge in [0.2, 0.25) is 0 Å². The van der Waals surface area contributed by atoms with Crippen molar-refractivity contribution in [1.29, 1.82) is 0 Å². The Hall–Kier alpha value is -2.21.